The molecule has 0 amide bonds. The fraction of sp³-hybridized carbons (Fsp3) is 0.571. The summed E-state index contributed by atoms with van der Waals surface area (Å²) in [5.74, 6) is 2.00. The lowest BCUT2D eigenvalue weighted by Gasteiger charge is -2.34. The smallest absolute Gasteiger partial charge is 0.123 e. The number of likely N-dealkylation sites (tertiary alicyclic amines) is 1. The number of hydrogen-bond acceptors (Lipinski definition) is 3. The third-order valence-corrected chi connectivity index (χ3v) is 5.75. The first-order chi connectivity index (χ1) is 11.8. The summed E-state index contributed by atoms with van der Waals surface area (Å²) < 4.78 is 6.37. The van der Waals surface area contributed by atoms with Gasteiger partial charge in [0.2, 0.25) is 0 Å². The lowest BCUT2D eigenvalue weighted by atomic mass is 10.0. The van der Waals surface area contributed by atoms with Crippen molar-refractivity contribution in [1.29, 1.82) is 0 Å². The van der Waals surface area contributed by atoms with Gasteiger partial charge in [0.25, 0.3) is 0 Å². The number of piperidine rings is 1. The van der Waals surface area contributed by atoms with Crippen molar-refractivity contribution < 1.29 is 4.74 Å². The third-order valence-electron chi connectivity index (χ3n) is 5.75. The minimum Gasteiger partial charge on any atom is -0.490 e. The first kappa shape index (κ1) is 18.5. The summed E-state index contributed by atoms with van der Waals surface area (Å²) in [5.41, 5.74) is 1.21. The maximum atomic E-state index is 6.37. The lowest BCUT2D eigenvalue weighted by Crippen LogP contribution is -2.40. The van der Waals surface area contributed by atoms with Gasteiger partial charge in [-0.15, -0.1) is 12.4 Å². The normalized spacial score (nSPS) is 19.9. The molecule has 4 rings (SSSR count). The molecule has 2 aromatic rings. The summed E-state index contributed by atoms with van der Waals surface area (Å²) in [4.78, 5) is 6.86. The van der Waals surface area contributed by atoms with Gasteiger partial charge in [-0.3, -0.25) is 4.98 Å². The van der Waals surface area contributed by atoms with Gasteiger partial charge >= 0.3 is 0 Å². The fourth-order valence-corrected chi connectivity index (χ4v) is 4.30. The van der Waals surface area contributed by atoms with Crippen molar-refractivity contribution >= 4 is 23.2 Å². The van der Waals surface area contributed by atoms with E-state index in [0.29, 0.717) is 6.10 Å². The highest BCUT2D eigenvalue weighted by Gasteiger charge is 2.24. The summed E-state index contributed by atoms with van der Waals surface area (Å²) in [5, 5.41) is 2.40. The maximum absolute atomic E-state index is 6.37. The van der Waals surface area contributed by atoms with Crippen LogP contribution in [0, 0.1) is 12.8 Å². The molecule has 1 saturated carbocycles. The number of rotatable bonds is 4. The lowest BCUT2D eigenvalue weighted by molar-refractivity contribution is 0.0912. The first-order valence-electron chi connectivity index (χ1n) is 9.51. The van der Waals surface area contributed by atoms with E-state index in [0.717, 1.165) is 24.5 Å². The summed E-state index contributed by atoms with van der Waals surface area (Å²) >= 11 is 0. The van der Waals surface area contributed by atoms with Crippen molar-refractivity contribution in [3.63, 3.8) is 0 Å². The summed E-state index contributed by atoms with van der Waals surface area (Å²) in [7, 11) is 0. The van der Waals surface area contributed by atoms with Crippen LogP contribution in [0.25, 0.3) is 10.8 Å². The number of aromatic nitrogens is 1. The van der Waals surface area contributed by atoms with Gasteiger partial charge in [-0.1, -0.05) is 12.8 Å². The van der Waals surface area contributed by atoms with Crippen molar-refractivity contribution in [2.75, 3.05) is 19.6 Å². The standard InChI is InChI=1S/C21H28N2O.ClH/c1-16-12-19-14-22-9-6-18(19)13-21(16)24-20-7-10-23(11-8-20)15-17-4-2-3-5-17;/h6,9,12-14,17,20H,2-5,7-8,10-11,15H2,1H3;1H. The molecule has 0 radical (unpaired) electrons. The van der Waals surface area contributed by atoms with Gasteiger partial charge in [-0.2, -0.15) is 0 Å². The molecule has 3 nitrogen and oxygen atoms in total. The number of hydrogen-bond donors (Lipinski definition) is 0. The van der Waals surface area contributed by atoms with E-state index in [1.165, 1.54) is 61.7 Å². The monoisotopic (exact) mass is 360 g/mol. The van der Waals surface area contributed by atoms with E-state index >= 15 is 0 Å². The fourth-order valence-electron chi connectivity index (χ4n) is 4.30. The van der Waals surface area contributed by atoms with Gasteiger partial charge in [0, 0.05) is 37.4 Å². The summed E-state index contributed by atoms with van der Waals surface area (Å²) in [6, 6.07) is 6.43. The van der Waals surface area contributed by atoms with Crippen molar-refractivity contribution in [3.05, 3.63) is 36.2 Å². The van der Waals surface area contributed by atoms with Crippen LogP contribution in [0.5, 0.6) is 5.75 Å². The predicted molar refractivity (Wildman–Crippen MR) is 106 cm³/mol. The van der Waals surface area contributed by atoms with Gasteiger partial charge in [0.15, 0.2) is 0 Å². The van der Waals surface area contributed by atoms with E-state index in [4.69, 9.17) is 4.74 Å². The SMILES string of the molecule is Cc1cc2cnccc2cc1OC1CCN(CC2CCCC2)CC1.Cl. The average molecular weight is 361 g/mol. The Bertz CT molecular complexity index is 691. The minimum absolute atomic E-state index is 0. The molecule has 0 N–H and O–H groups in total. The Balaban J connectivity index is 0.00000182. The van der Waals surface area contributed by atoms with E-state index in [-0.39, 0.29) is 12.4 Å². The second-order valence-electron chi connectivity index (χ2n) is 7.61. The van der Waals surface area contributed by atoms with E-state index in [9.17, 15) is 0 Å². The Kier molecular flexibility index (Phi) is 6.19. The minimum atomic E-state index is 0. The molecule has 1 aliphatic carbocycles. The maximum Gasteiger partial charge on any atom is 0.123 e. The highest BCUT2D eigenvalue weighted by Crippen LogP contribution is 2.29. The van der Waals surface area contributed by atoms with Crippen LogP contribution < -0.4 is 4.74 Å². The van der Waals surface area contributed by atoms with Crippen LogP contribution in [-0.4, -0.2) is 35.6 Å². The zero-order valence-corrected chi connectivity index (χ0v) is 15.9. The van der Waals surface area contributed by atoms with Crippen molar-refractivity contribution in [3.8, 4) is 5.75 Å². The molecule has 4 heteroatoms. The Hall–Kier alpha value is -1.32. The van der Waals surface area contributed by atoms with Gasteiger partial charge < -0.3 is 9.64 Å². The number of aryl methyl sites for hydroxylation is 1. The first-order valence-corrected chi connectivity index (χ1v) is 9.51. The molecule has 2 fully saturated rings. The number of pyridine rings is 1. The van der Waals surface area contributed by atoms with Crippen molar-refractivity contribution in [2.24, 2.45) is 5.92 Å². The van der Waals surface area contributed by atoms with Gasteiger partial charge in [0.1, 0.15) is 11.9 Å². The molecular formula is C21H29ClN2O. The highest BCUT2D eigenvalue weighted by molar-refractivity contribution is 5.85. The molecule has 0 spiro atoms. The molecule has 2 heterocycles. The Morgan fingerprint density at radius 1 is 1.08 bits per heavy atom. The zero-order valence-electron chi connectivity index (χ0n) is 15.1. The zero-order chi connectivity index (χ0) is 16.4. The van der Waals surface area contributed by atoms with Crippen LogP contribution in [0.4, 0.5) is 0 Å². The third kappa shape index (κ3) is 4.45. The topological polar surface area (TPSA) is 25.4 Å². The van der Waals surface area contributed by atoms with Gasteiger partial charge in [-0.05, 0) is 67.7 Å². The largest absolute Gasteiger partial charge is 0.490 e. The Labute approximate surface area is 157 Å². The number of halogens is 1. The second-order valence-corrected chi connectivity index (χ2v) is 7.61. The van der Waals surface area contributed by atoms with Crippen LogP contribution in [0.2, 0.25) is 0 Å². The Morgan fingerprint density at radius 3 is 2.60 bits per heavy atom. The molecule has 0 bridgehead atoms. The van der Waals surface area contributed by atoms with Crippen LogP contribution in [0.15, 0.2) is 30.6 Å². The quantitative estimate of drug-likeness (QED) is 0.767. The number of nitrogens with zero attached hydrogens (tertiary/aromatic N) is 2. The molecule has 2 aliphatic rings. The van der Waals surface area contributed by atoms with E-state index < -0.39 is 0 Å². The highest BCUT2D eigenvalue weighted by atomic mass is 35.5. The van der Waals surface area contributed by atoms with Crippen LogP contribution in [0.1, 0.15) is 44.1 Å². The molecule has 1 aromatic heterocycles. The number of ether oxygens (including phenoxy) is 1. The second kappa shape index (κ2) is 8.37. The summed E-state index contributed by atoms with van der Waals surface area (Å²) in [6.07, 6.45) is 12.2. The molecule has 0 atom stereocenters. The molecule has 1 saturated heterocycles. The molecule has 25 heavy (non-hydrogen) atoms. The van der Waals surface area contributed by atoms with Crippen LogP contribution in [-0.2, 0) is 0 Å². The number of benzene rings is 1. The van der Waals surface area contributed by atoms with E-state index in [1.807, 2.05) is 12.4 Å². The number of fused-ring (bicyclic) bond motifs is 1. The molecule has 1 aromatic carbocycles. The van der Waals surface area contributed by atoms with E-state index in [1.54, 1.807) is 0 Å². The Morgan fingerprint density at radius 2 is 1.84 bits per heavy atom. The van der Waals surface area contributed by atoms with E-state index in [2.05, 4.69) is 35.0 Å². The van der Waals surface area contributed by atoms with Crippen molar-refractivity contribution in [2.45, 2.75) is 51.6 Å². The van der Waals surface area contributed by atoms with Crippen LogP contribution >= 0.6 is 12.4 Å². The van der Waals surface area contributed by atoms with Crippen molar-refractivity contribution in [1.82, 2.24) is 9.88 Å². The molecular weight excluding hydrogens is 332 g/mol. The van der Waals surface area contributed by atoms with Gasteiger partial charge in [0.05, 0.1) is 0 Å². The average Bonchev–Trinajstić information content (AvgIpc) is 3.10. The van der Waals surface area contributed by atoms with Gasteiger partial charge in [-0.25, -0.2) is 0 Å². The molecule has 0 unspecified atom stereocenters. The predicted octanol–water partition coefficient (Wildman–Crippen LogP) is 5.00. The summed E-state index contributed by atoms with van der Waals surface area (Å²) in [6.45, 7) is 5.83. The molecule has 136 valence electrons. The molecule has 1 aliphatic heterocycles. The van der Waals surface area contributed by atoms with Crippen LogP contribution in [0.3, 0.4) is 0 Å².